The van der Waals surface area contributed by atoms with Crippen molar-refractivity contribution in [1.82, 2.24) is 26.4 Å². The van der Waals surface area contributed by atoms with Crippen molar-refractivity contribution in [2.45, 2.75) is 51.2 Å². The van der Waals surface area contributed by atoms with E-state index in [9.17, 15) is 11.0 Å². The van der Waals surface area contributed by atoms with Crippen LogP contribution < -0.4 is 27.1 Å². The SMILES string of the molecule is [2H][C@@](Nc1cc(Cl)c2ncc(C#N)c(NNC(C)(C)C)c2c1)(C1=CN(C2CC2)NN1)c1ccc(F)cc1. The van der Waals surface area contributed by atoms with Gasteiger partial charge < -0.3 is 16.2 Å². The van der Waals surface area contributed by atoms with Gasteiger partial charge in [0.2, 0.25) is 0 Å². The number of rotatable bonds is 7. The van der Waals surface area contributed by atoms with Gasteiger partial charge in [0.15, 0.2) is 0 Å². The maximum atomic E-state index is 13.8. The summed E-state index contributed by atoms with van der Waals surface area (Å²) in [5, 5.41) is 15.9. The topological polar surface area (TPSA) is 100 Å². The molecule has 2 aliphatic rings. The van der Waals surface area contributed by atoms with Crippen molar-refractivity contribution >= 4 is 33.9 Å². The largest absolute Gasteiger partial charge is 0.373 e. The van der Waals surface area contributed by atoms with Crippen molar-refractivity contribution < 1.29 is 5.76 Å². The van der Waals surface area contributed by atoms with Gasteiger partial charge in [0, 0.05) is 35.1 Å². The van der Waals surface area contributed by atoms with Crippen LogP contribution in [0.25, 0.3) is 10.9 Å². The molecule has 0 unspecified atom stereocenters. The fourth-order valence-corrected chi connectivity index (χ4v) is 4.13. The summed E-state index contributed by atoms with van der Waals surface area (Å²) >= 11 is 6.65. The predicted octanol–water partition coefficient (Wildman–Crippen LogP) is 5.10. The number of hydrogen-bond donors (Lipinski definition) is 5. The summed E-state index contributed by atoms with van der Waals surface area (Å²) in [6.45, 7) is 5.98. The number of anilines is 2. The number of halogens is 2. The van der Waals surface area contributed by atoms with Crippen LogP contribution in [-0.4, -0.2) is 21.6 Å². The van der Waals surface area contributed by atoms with Gasteiger partial charge in [-0.15, -0.1) is 5.53 Å². The van der Waals surface area contributed by atoms with E-state index in [-0.39, 0.29) is 11.4 Å². The third kappa shape index (κ3) is 5.16. The molecule has 1 aliphatic heterocycles. The van der Waals surface area contributed by atoms with Crippen LogP contribution >= 0.6 is 11.6 Å². The number of benzene rings is 2. The second-order valence-corrected chi connectivity index (χ2v) is 10.3. The molecule has 8 nitrogen and oxygen atoms in total. The lowest BCUT2D eigenvalue weighted by atomic mass is 10.0. The van der Waals surface area contributed by atoms with Crippen LogP contribution in [0, 0.1) is 17.1 Å². The molecule has 10 heteroatoms. The number of nitrogens with zero attached hydrogens (tertiary/aromatic N) is 3. The van der Waals surface area contributed by atoms with Crippen molar-refractivity contribution in [1.29, 1.82) is 5.26 Å². The number of pyridine rings is 1. The predicted molar refractivity (Wildman–Crippen MR) is 140 cm³/mol. The van der Waals surface area contributed by atoms with Crippen LogP contribution in [0.15, 0.2) is 54.5 Å². The third-order valence-corrected chi connectivity index (χ3v) is 6.10. The Hall–Kier alpha value is -3.58. The lowest BCUT2D eigenvalue weighted by molar-refractivity contribution is 0.260. The molecule has 1 saturated carbocycles. The lowest BCUT2D eigenvalue weighted by Gasteiger charge is -2.24. The number of nitrogens with one attached hydrogen (secondary N) is 5. The zero-order valence-electron chi connectivity index (χ0n) is 21.2. The molecule has 0 bridgehead atoms. The van der Waals surface area contributed by atoms with E-state index in [0.29, 0.717) is 50.2 Å². The third-order valence-electron chi connectivity index (χ3n) is 5.81. The first-order valence-electron chi connectivity index (χ1n) is 12.2. The highest BCUT2D eigenvalue weighted by Gasteiger charge is 2.32. The van der Waals surface area contributed by atoms with Crippen LogP contribution in [0.4, 0.5) is 15.8 Å². The van der Waals surface area contributed by atoms with E-state index >= 15 is 0 Å². The Kier molecular flexibility index (Phi) is 6.01. The number of fused-ring (bicyclic) bond motifs is 1. The average Bonchev–Trinajstić information content (AvgIpc) is 3.58. The minimum atomic E-state index is -1.52. The van der Waals surface area contributed by atoms with Gasteiger partial charge in [0.25, 0.3) is 0 Å². The zero-order valence-corrected chi connectivity index (χ0v) is 21.0. The fourth-order valence-electron chi connectivity index (χ4n) is 3.86. The number of nitriles is 1. The molecular weight excluding hydrogens is 479 g/mol. The number of hydrogen-bond acceptors (Lipinski definition) is 8. The molecule has 3 aromatic rings. The van der Waals surface area contributed by atoms with Crippen molar-refractivity contribution in [2.75, 3.05) is 10.7 Å². The summed E-state index contributed by atoms with van der Waals surface area (Å²) in [5.41, 5.74) is 15.3. The maximum Gasteiger partial charge on any atom is 0.123 e. The van der Waals surface area contributed by atoms with Crippen LogP contribution in [0.3, 0.4) is 0 Å². The molecular formula is C26H28ClFN8. The Morgan fingerprint density at radius 1 is 1.28 bits per heavy atom. The molecule has 0 saturated heterocycles. The van der Waals surface area contributed by atoms with E-state index < -0.39 is 6.02 Å². The Labute approximate surface area is 215 Å². The second kappa shape index (κ2) is 9.47. The van der Waals surface area contributed by atoms with E-state index in [0.717, 1.165) is 12.8 Å². The van der Waals surface area contributed by atoms with Gasteiger partial charge in [-0.25, -0.2) is 9.82 Å². The first kappa shape index (κ1) is 22.9. The normalized spacial score (nSPS) is 17.6. The smallest absolute Gasteiger partial charge is 0.123 e. The molecule has 1 fully saturated rings. The van der Waals surface area contributed by atoms with Crippen molar-refractivity contribution in [3.8, 4) is 6.07 Å². The first-order valence-corrected chi connectivity index (χ1v) is 12.1. The van der Waals surface area contributed by atoms with Crippen molar-refractivity contribution in [3.05, 3.63) is 76.5 Å². The van der Waals surface area contributed by atoms with E-state index in [1.165, 1.54) is 18.3 Å². The molecule has 2 aromatic carbocycles. The van der Waals surface area contributed by atoms with Gasteiger partial charge in [0.05, 0.1) is 34.9 Å². The molecule has 36 heavy (non-hydrogen) atoms. The van der Waals surface area contributed by atoms with Crippen molar-refractivity contribution in [2.24, 2.45) is 0 Å². The van der Waals surface area contributed by atoms with Gasteiger partial charge in [0.1, 0.15) is 11.9 Å². The van der Waals surface area contributed by atoms with Crippen LogP contribution in [0.5, 0.6) is 0 Å². The first-order chi connectivity index (χ1) is 17.6. The quantitative estimate of drug-likeness (QED) is 0.282. The van der Waals surface area contributed by atoms with Gasteiger partial charge in [-0.05, 0) is 63.4 Å². The Bertz CT molecular complexity index is 1410. The Morgan fingerprint density at radius 2 is 2.03 bits per heavy atom. The highest BCUT2D eigenvalue weighted by molar-refractivity contribution is 6.35. The van der Waals surface area contributed by atoms with Gasteiger partial charge >= 0.3 is 0 Å². The number of aromatic nitrogens is 1. The summed E-state index contributed by atoms with van der Waals surface area (Å²) in [6.07, 6.45) is 5.48. The van der Waals surface area contributed by atoms with Crippen molar-refractivity contribution in [3.63, 3.8) is 0 Å². The molecule has 186 valence electrons. The van der Waals surface area contributed by atoms with Crippen LogP contribution in [0.2, 0.25) is 5.02 Å². The summed E-state index contributed by atoms with van der Waals surface area (Å²) in [4.78, 5) is 4.40. The summed E-state index contributed by atoms with van der Waals surface area (Å²) in [5.74, 6) is -0.386. The van der Waals surface area contributed by atoms with Crippen LogP contribution in [-0.2, 0) is 0 Å². The molecule has 5 rings (SSSR count). The highest BCUT2D eigenvalue weighted by Crippen LogP contribution is 2.36. The minimum absolute atomic E-state index is 0.276. The average molecular weight is 508 g/mol. The zero-order chi connectivity index (χ0) is 26.4. The molecule has 0 spiro atoms. The van der Waals surface area contributed by atoms with Gasteiger partial charge in [-0.1, -0.05) is 23.7 Å². The maximum absolute atomic E-state index is 13.8. The Balaban J connectivity index is 1.60. The monoisotopic (exact) mass is 507 g/mol. The molecule has 1 aromatic heterocycles. The highest BCUT2D eigenvalue weighted by atomic mass is 35.5. The standard InChI is InChI=1S/C26H28ClFN8/c1-26(2,3)34-33-23-16(12-29)13-30-25-20(23)10-18(11-21(25)27)31-24(15-4-6-17(28)7-5-15)22-14-36(35-32-22)19-8-9-19/h4-7,10-11,13-14,19,24,31-32,34-35H,8-9H2,1-3H3,(H,30,33)/t24-/m0/s1/i24D. The van der Waals surface area contributed by atoms with E-state index in [1.807, 2.05) is 32.0 Å². The molecule has 0 amide bonds. The Morgan fingerprint density at radius 3 is 2.69 bits per heavy atom. The molecule has 0 radical (unpaired) electrons. The van der Waals surface area contributed by atoms with Crippen LogP contribution in [0.1, 0.15) is 52.1 Å². The molecule has 5 N–H and O–H groups in total. The van der Waals surface area contributed by atoms with Gasteiger partial charge in [-0.3, -0.25) is 9.99 Å². The van der Waals surface area contributed by atoms with E-state index in [4.69, 9.17) is 11.6 Å². The minimum Gasteiger partial charge on any atom is -0.373 e. The summed E-state index contributed by atoms with van der Waals surface area (Å²) in [7, 11) is 0. The molecule has 1 aliphatic carbocycles. The number of hydrazine groups is 3. The summed E-state index contributed by atoms with van der Waals surface area (Å²) < 4.78 is 23.3. The lowest BCUT2D eigenvalue weighted by Crippen LogP contribution is -2.40. The summed E-state index contributed by atoms with van der Waals surface area (Å²) in [6, 6.07) is 10.3. The molecule has 1 atom stereocenters. The van der Waals surface area contributed by atoms with E-state index in [1.54, 1.807) is 24.3 Å². The van der Waals surface area contributed by atoms with Gasteiger partial charge in [-0.2, -0.15) is 5.26 Å². The fraction of sp³-hybridized carbons (Fsp3) is 0.308. The van der Waals surface area contributed by atoms with E-state index in [2.05, 4.69) is 38.2 Å². The molecule has 2 heterocycles. The second-order valence-electron chi connectivity index (χ2n) is 9.94.